The Morgan fingerprint density at radius 3 is 2.74 bits per heavy atom. The lowest BCUT2D eigenvalue weighted by atomic mass is 10.0. The van der Waals surface area contributed by atoms with Gasteiger partial charge in [0, 0.05) is 33.2 Å². The number of halogens is 2. The first-order valence-electron chi connectivity index (χ1n) is 7.81. The second-order valence-electron chi connectivity index (χ2n) is 5.73. The van der Waals surface area contributed by atoms with Crippen LogP contribution < -0.4 is 5.32 Å². The molecule has 0 aliphatic carbocycles. The lowest BCUT2D eigenvalue weighted by Crippen LogP contribution is -2.45. The van der Waals surface area contributed by atoms with Gasteiger partial charge in [0.05, 0.1) is 25.8 Å². The number of hydrogen-bond acceptors (Lipinski definition) is 5. The molecule has 0 bridgehead atoms. The standard InChI is InChI=1S/C16H23FN4O.HI/c1-20-6-5-18-16(20)19-12-15(21-7-9-22-10-8-21)13-3-2-4-14(17)11-13;/h2-4,11,15H,5-10,12H2,1H3,(H,18,19);1H. The van der Waals surface area contributed by atoms with E-state index in [9.17, 15) is 4.39 Å². The summed E-state index contributed by atoms with van der Waals surface area (Å²) in [5, 5.41) is 3.42. The number of guanidine groups is 1. The monoisotopic (exact) mass is 434 g/mol. The maximum atomic E-state index is 13.6. The molecule has 1 unspecified atom stereocenters. The van der Waals surface area contributed by atoms with Gasteiger partial charge in [0.2, 0.25) is 0 Å². The molecular formula is C16H24FIN4O. The first kappa shape index (κ1) is 18.4. The van der Waals surface area contributed by atoms with Crippen LogP contribution in [0.3, 0.4) is 0 Å². The van der Waals surface area contributed by atoms with Crippen LogP contribution in [0.5, 0.6) is 0 Å². The number of nitrogens with zero attached hydrogens (tertiary/aromatic N) is 3. The number of nitrogens with one attached hydrogen (secondary N) is 1. The van der Waals surface area contributed by atoms with E-state index in [1.165, 1.54) is 6.07 Å². The van der Waals surface area contributed by atoms with Gasteiger partial charge in [-0.1, -0.05) is 12.1 Å². The van der Waals surface area contributed by atoms with Crippen LogP contribution in [-0.2, 0) is 4.74 Å². The van der Waals surface area contributed by atoms with Crippen molar-refractivity contribution >= 4 is 29.9 Å². The molecule has 1 aromatic carbocycles. The highest BCUT2D eigenvalue weighted by atomic mass is 127. The highest BCUT2D eigenvalue weighted by Gasteiger charge is 2.24. The van der Waals surface area contributed by atoms with E-state index in [4.69, 9.17) is 4.74 Å². The van der Waals surface area contributed by atoms with Gasteiger partial charge in [-0.15, -0.1) is 24.0 Å². The van der Waals surface area contributed by atoms with Gasteiger partial charge >= 0.3 is 0 Å². The molecular weight excluding hydrogens is 410 g/mol. The molecule has 0 radical (unpaired) electrons. The number of aliphatic imine (C=N–C) groups is 1. The lowest BCUT2D eigenvalue weighted by Gasteiger charge is -2.35. The molecule has 1 fully saturated rings. The zero-order chi connectivity index (χ0) is 15.4. The van der Waals surface area contributed by atoms with E-state index >= 15 is 0 Å². The predicted octanol–water partition coefficient (Wildman–Crippen LogP) is 1.71. The summed E-state index contributed by atoms with van der Waals surface area (Å²) in [7, 11) is 2.03. The molecule has 0 spiro atoms. The molecule has 0 aromatic heterocycles. The zero-order valence-corrected chi connectivity index (χ0v) is 15.7. The van der Waals surface area contributed by atoms with Crippen LogP contribution in [0.1, 0.15) is 11.6 Å². The number of ether oxygens (including phenoxy) is 1. The quantitative estimate of drug-likeness (QED) is 0.733. The summed E-state index contributed by atoms with van der Waals surface area (Å²) in [5.41, 5.74) is 0.996. The van der Waals surface area contributed by atoms with Crippen molar-refractivity contribution in [1.82, 2.24) is 15.1 Å². The zero-order valence-electron chi connectivity index (χ0n) is 13.4. The van der Waals surface area contributed by atoms with Crippen molar-refractivity contribution in [2.75, 3.05) is 53.0 Å². The molecule has 2 aliphatic heterocycles. The van der Waals surface area contributed by atoms with Gasteiger partial charge in [-0.3, -0.25) is 9.89 Å². The summed E-state index contributed by atoms with van der Waals surface area (Å²) in [6.07, 6.45) is 0. The molecule has 0 amide bonds. The minimum Gasteiger partial charge on any atom is -0.379 e. The topological polar surface area (TPSA) is 40.1 Å². The molecule has 1 saturated heterocycles. The fourth-order valence-corrected chi connectivity index (χ4v) is 2.97. The van der Waals surface area contributed by atoms with E-state index in [0.717, 1.165) is 50.9 Å². The molecule has 3 rings (SSSR count). The number of hydrogen-bond donors (Lipinski definition) is 1. The number of likely N-dealkylation sites (N-methyl/N-ethyl adjacent to an activating group) is 1. The van der Waals surface area contributed by atoms with Crippen LogP contribution in [0.15, 0.2) is 29.3 Å². The summed E-state index contributed by atoms with van der Waals surface area (Å²) in [4.78, 5) is 8.92. The third-order valence-electron chi connectivity index (χ3n) is 4.23. The average Bonchev–Trinajstić information content (AvgIpc) is 2.94. The van der Waals surface area contributed by atoms with E-state index in [-0.39, 0.29) is 35.8 Å². The molecule has 1 aromatic rings. The minimum atomic E-state index is -0.189. The number of rotatable bonds is 4. The smallest absolute Gasteiger partial charge is 0.193 e. The van der Waals surface area contributed by atoms with E-state index in [0.29, 0.717) is 6.54 Å². The Kier molecular flexibility index (Phi) is 7.04. The average molecular weight is 434 g/mol. The number of benzene rings is 1. The highest BCUT2D eigenvalue weighted by Crippen LogP contribution is 2.22. The summed E-state index contributed by atoms with van der Waals surface area (Å²) >= 11 is 0. The van der Waals surface area contributed by atoms with Gasteiger partial charge in [-0.2, -0.15) is 0 Å². The summed E-state index contributed by atoms with van der Waals surface area (Å²) < 4.78 is 19.0. The Morgan fingerprint density at radius 1 is 1.30 bits per heavy atom. The maximum absolute atomic E-state index is 13.6. The number of morpholine rings is 1. The van der Waals surface area contributed by atoms with Crippen LogP contribution in [-0.4, -0.2) is 68.7 Å². The van der Waals surface area contributed by atoms with Crippen molar-refractivity contribution < 1.29 is 9.13 Å². The van der Waals surface area contributed by atoms with Crippen LogP contribution in [0.4, 0.5) is 4.39 Å². The molecule has 5 nitrogen and oxygen atoms in total. The van der Waals surface area contributed by atoms with Crippen LogP contribution in [0.25, 0.3) is 0 Å². The highest BCUT2D eigenvalue weighted by molar-refractivity contribution is 14.0. The second-order valence-corrected chi connectivity index (χ2v) is 5.73. The van der Waals surface area contributed by atoms with E-state index in [2.05, 4.69) is 20.1 Å². The first-order valence-corrected chi connectivity index (χ1v) is 7.81. The van der Waals surface area contributed by atoms with Crippen molar-refractivity contribution in [3.63, 3.8) is 0 Å². The van der Waals surface area contributed by atoms with Gasteiger partial charge in [0.1, 0.15) is 5.82 Å². The predicted molar refractivity (Wildman–Crippen MR) is 99.9 cm³/mol. The minimum absolute atomic E-state index is 0. The van der Waals surface area contributed by atoms with Crippen LogP contribution in [0.2, 0.25) is 0 Å². The Labute approximate surface area is 153 Å². The molecule has 23 heavy (non-hydrogen) atoms. The first-order chi connectivity index (χ1) is 10.7. The molecule has 2 heterocycles. The van der Waals surface area contributed by atoms with Crippen molar-refractivity contribution in [1.29, 1.82) is 0 Å². The fraction of sp³-hybridized carbons (Fsp3) is 0.562. The summed E-state index contributed by atoms with van der Waals surface area (Å²) in [5.74, 6) is 0.737. The van der Waals surface area contributed by atoms with E-state index in [1.807, 2.05) is 13.1 Å². The van der Waals surface area contributed by atoms with Crippen LogP contribution >= 0.6 is 24.0 Å². The van der Waals surface area contributed by atoms with Gasteiger partial charge in [-0.05, 0) is 17.7 Å². The Bertz CT molecular complexity index is 537. The third-order valence-corrected chi connectivity index (χ3v) is 4.23. The lowest BCUT2D eigenvalue weighted by molar-refractivity contribution is 0.0169. The van der Waals surface area contributed by atoms with Crippen molar-refractivity contribution in [2.45, 2.75) is 6.04 Å². The van der Waals surface area contributed by atoms with Gasteiger partial charge in [0.15, 0.2) is 5.96 Å². The molecule has 128 valence electrons. The van der Waals surface area contributed by atoms with E-state index < -0.39 is 0 Å². The van der Waals surface area contributed by atoms with Gasteiger partial charge < -0.3 is 15.0 Å². The molecule has 1 N–H and O–H groups in total. The molecule has 0 saturated carbocycles. The van der Waals surface area contributed by atoms with Gasteiger partial charge in [-0.25, -0.2) is 4.39 Å². The SMILES string of the molecule is CN1CCN=C1NCC(c1cccc(F)c1)N1CCOCC1.I. The molecule has 7 heteroatoms. The normalized spacial score (nSPS) is 19.9. The van der Waals surface area contributed by atoms with E-state index in [1.54, 1.807) is 12.1 Å². The van der Waals surface area contributed by atoms with Crippen molar-refractivity contribution in [3.05, 3.63) is 35.6 Å². The van der Waals surface area contributed by atoms with Crippen LogP contribution in [0, 0.1) is 5.82 Å². The Hall–Kier alpha value is -0.930. The third kappa shape index (κ3) is 4.77. The Balaban J connectivity index is 0.00000192. The van der Waals surface area contributed by atoms with Crippen molar-refractivity contribution in [3.8, 4) is 0 Å². The largest absolute Gasteiger partial charge is 0.379 e. The molecule has 1 atom stereocenters. The summed E-state index contributed by atoms with van der Waals surface area (Å²) in [6, 6.07) is 7.00. The summed E-state index contributed by atoms with van der Waals surface area (Å²) in [6.45, 7) is 5.69. The molecule has 2 aliphatic rings. The van der Waals surface area contributed by atoms with Gasteiger partial charge in [0.25, 0.3) is 0 Å². The maximum Gasteiger partial charge on any atom is 0.193 e. The van der Waals surface area contributed by atoms with Crippen molar-refractivity contribution in [2.24, 2.45) is 4.99 Å². The fourth-order valence-electron chi connectivity index (χ4n) is 2.97. The second kappa shape index (κ2) is 8.79. The Morgan fingerprint density at radius 2 is 2.09 bits per heavy atom.